The number of likely N-dealkylation sites (tertiary alicyclic amines) is 1. The number of piperidine rings is 1. The highest BCUT2D eigenvalue weighted by Gasteiger charge is 2.32. The molecule has 9 nitrogen and oxygen atoms in total. The number of rotatable bonds is 7. The quantitative estimate of drug-likeness (QED) is 0.150. The monoisotopic (exact) mass is 663 g/mol. The third kappa shape index (κ3) is 6.66. The van der Waals surface area contributed by atoms with Gasteiger partial charge < -0.3 is 16.1 Å². The number of nitrogens with one attached hydrogen (secondary N) is 4. The Morgan fingerprint density at radius 3 is 2.43 bits per heavy atom. The largest absolute Gasteiger partial charge is 0.373 e. The van der Waals surface area contributed by atoms with E-state index in [1.54, 1.807) is 12.1 Å². The first-order chi connectivity index (χ1) is 22.0. The van der Waals surface area contributed by atoms with Crippen molar-refractivity contribution in [1.82, 2.24) is 30.8 Å². The second kappa shape index (κ2) is 12.9. The van der Waals surface area contributed by atoms with Gasteiger partial charge in [0.05, 0.1) is 38.6 Å². The summed E-state index contributed by atoms with van der Waals surface area (Å²) >= 11 is 12.8. The second-order valence-corrected chi connectivity index (χ2v) is 13.2. The zero-order valence-corrected chi connectivity index (χ0v) is 27.0. The summed E-state index contributed by atoms with van der Waals surface area (Å²) in [6, 6.07) is 12.8. The van der Waals surface area contributed by atoms with Crippen LogP contribution in [0, 0.1) is 23.1 Å². The summed E-state index contributed by atoms with van der Waals surface area (Å²) in [5, 5.41) is 19.6. The summed E-state index contributed by atoms with van der Waals surface area (Å²) in [5.41, 5.74) is 10.5. The predicted molar refractivity (Wildman–Crippen MR) is 177 cm³/mol. The van der Waals surface area contributed by atoms with Crippen molar-refractivity contribution in [1.29, 1.82) is 5.26 Å². The molecule has 1 fully saturated rings. The molecule has 2 aliphatic rings. The zero-order chi connectivity index (χ0) is 32.6. The van der Waals surface area contributed by atoms with E-state index in [1.165, 1.54) is 36.7 Å². The van der Waals surface area contributed by atoms with Crippen molar-refractivity contribution in [2.75, 3.05) is 23.7 Å². The van der Waals surface area contributed by atoms with Gasteiger partial charge in [-0.25, -0.2) is 9.37 Å². The third-order valence-electron chi connectivity index (χ3n) is 8.35. The van der Waals surface area contributed by atoms with Crippen LogP contribution < -0.4 is 21.6 Å². The number of benzene rings is 2. The van der Waals surface area contributed by atoms with Crippen molar-refractivity contribution in [2.45, 2.75) is 51.2 Å². The summed E-state index contributed by atoms with van der Waals surface area (Å²) in [5.74, 6) is -1.14. The van der Waals surface area contributed by atoms with E-state index >= 15 is 0 Å². The minimum Gasteiger partial charge on any atom is -0.373 e. The van der Waals surface area contributed by atoms with Crippen LogP contribution in [0.5, 0.6) is 0 Å². The molecule has 0 saturated carbocycles. The Balaban J connectivity index is 1.34. The molecule has 46 heavy (non-hydrogen) atoms. The molecule has 2 aliphatic heterocycles. The number of nitriles is 1. The number of nitrogens with zero attached hydrogens (tertiary/aromatic N) is 5. The molecule has 0 spiro atoms. The molecule has 2 aromatic carbocycles. The average molecular weight is 665 g/mol. The van der Waals surface area contributed by atoms with Gasteiger partial charge in [-0.2, -0.15) is 9.65 Å². The number of fused-ring (bicyclic) bond motifs is 1. The number of aromatic nitrogens is 2. The Morgan fingerprint density at radius 2 is 1.76 bits per heavy atom. The van der Waals surface area contributed by atoms with E-state index in [1.807, 2.05) is 12.3 Å². The van der Waals surface area contributed by atoms with E-state index in [0.717, 1.165) is 31.6 Å². The Labute approximate surface area is 276 Å². The standard InChI is InChI=1S/C33H33Cl2F2N9/c1-33(2,3)45-10-8-23(9-11-45)46-18-28(43-44-46)31(19-4-7-29(37)39-16-19)42-22-12-24-30(41-21-5-6-27(36)25(34)13-21)20(15-38)17-40-32(24)26(35)14-22/h4-7,12-14,16-18,23,31,42-44H,8-11H2,1-3H3,(H,40,41)/t31-/m0/s1. The van der Waals surface area contributed by atoms with Crippen molar-refractivity contribution >= 4 is 51.2 Å². The first-order valence-corrected chi connectivity index (χ1v) is 15.6. The minimum absolute atomic E-state index is 0.0576. The summed E-state index contributed by atoms with van der Waals surface area (Å²) in [6.45, 7) is 8.70. The molecule has 2 aromatic heterocycles. The van der Waals surface area contributed by atoms with Crippen LogP contribution in [0.15, 0.2) is 66.8 Å². The van der Waals surface area contributed by atoms with Gasteiger partial charge in [0.2, 0.25) is 5.95 Å². The van der Waals surface area contributed by atoms with Crippen LogP contribution in [0.1, 0.15) is 50.8 Å². The van der Waals surface area contributed by atoms with Crippen molar-refractivity contribution < 1.29 is 8.78 Å². The fourth-order valence-electron chi connectivity index (χ4n) is 5.85. The SMILES string of the molecule is CC(C)(C)N1CCC(N2C=C([C@@H](Nc3cc(Cl)c4ncc(C#N)c(Nc5ccc(F)c(Cl)c5)c4c3)c3ccc(F)nc3)NN2)CC1. The molecule has 0 unspecified atom stereocenters. The average Bonchev–Trinajstić information content (AvgIpc) is 3.52. The zero-order valence-electron chi connectivity index (χ0n) is 25.5. The number of anilines is 3. The van der Waals surface area contributed by atoms with E-state index in [4.69, 9.17) is 23.2 Å². The molecule has 1 saturated heterocycles. The summed E-state index contributed by atoms with van der Waals surface area (Å²) < 4.78 is 27.7. The van der Waals surface area contributed by atoms with Gasteiger partial charge >= 0.3 is 0 Å². The molecular weight excluding hydrogens is 631 g/mol. The Morgan fingerprint density at radius 1 is 1.00 bits per heavy atom. The molecule has 238 valence electrons. The lowest BCUT2D eigenvalue weighted by Crippen LogP contribution is -2.52. The van der Waals surface area contributed by atoms with Crippen LogP contribution in [0.3, 0.4) is 0 Å². The van der Waals surface area contributed by atoms with Crippen LogP contribution in [0.4, 0.5) is 25.8 Å². The number of halogens is 4. The molecular formula is C33H33Cl2F2N9. The molecule has 1 atom stereocenters. The Hall–Kier alpha value is -4.21. The molecule has 4 N–H and O–H groups in total. The maximum atomic E-state index is 13.9. The van der Waals surface area contributed by atoms with E-state index in [-0.39, 0.29) is 22.2 Å². The molecule has 13 heteroatoms. The second-order valence-electron chi connectivity index (χ2n) is 12.4. The van der Waals surface area contributed by atoms with Crippen molar-refractivity contribution in [3.63, 3.8) is 0 Å². The molecule has 0 amide bonds. The van der Waals surface area contributed by atoms with Crippen LogP contribution >= 0.6 is 23.2 Å². The van der Waals surface area contributed by atoms with Gasteiger partial charge in [0.15, 0.2) is 0 Å². The summed E-state index contributed by atoms with van der Waals surface area (Å²) in [6.07, 6.45) is 6.94. The van der Waals surface area contributed by atoms with E-state index in [2.05, 4.69) is 68.3 Å². The summed E-state index contributed by atoms with van der Waals surface area (Å²) in [7, 11) is 0. The van der Waals surface area contributed by atoms with Gasteiger partial charge in [-0.1, -0.05) is 29.3 Å². The molecule has 0 radical (unpaired) electrons. The summed E-state index contributed by atoms with van der Waals surface area (Å²) in [4.78, 5) is 10.8. The maximum absolute atomic E-state index is 13.9. The number of pyridine rings is 2. The lowest BCUT2D eigenvalue weighted by Gasteiger charge is -2.42. The number of hydrazine groups is 2. The topological polar surface area (TPSA) is 104 Å². The van der Waals surface area contributed by atoms with Gasteiger partial charge in [-0.15, -0.1) is 5.53 Å². The van der Waals surface area contributed by atoms with E-state index < -0.39 is 17.8 Å². The van der Waals surface area contributed by atoms with Gasteiger partial charge in [0.25, 0.3) is 0 Å². The van der Waals surface area contributed by atoms with E-state index in [0.29, 0.717) is 38.6 Å². The van der Waals surface area contributed by atoms with Crippen molar-refractivity contribution in [3.05, 3.63) is 99.7 Å². The number of hydrogen-bond donors (Lipinski definition) is 4. The highest BCUT2D eigenvalue weighted by Crippen LogP contribution is 2.37. The van der Waals surface area contributed by atoms with Gasteiger partial charge in [0.1, 0.15) is 11.9 Å². The van der Waals surface area contributed by atoms with Gasteiger partial charge in [0, 0.05) is 60.0 Å². The van der Waals surface area contributed by atoms with Crippen LogP contribution in [0.25, 0.3) is 10.9 Å². The lowest BCUT2D eigenvalue weighted by molar-refractivity contribution is 0.0570. The van der Waals surface area contributed by atoms with Gasteiger partial charge in [-0.3, -0.25) is 14.9 Å². The normalized spacial score (nSPS) is 16.6. The third-order valence-corrected chi connectivity index (χ3v) is 8.93. The predicted octanol–water partition coefficient (Wildman–Crippen LogP) is 7.41. The van der Waals surface area contributed by atoms with E-state index in [9.17, 15) is 14.0 Å². The minimum atomic E-state index is -0.582. The number of hydrogen-bond acceptors (Lipinski definition) is 9. The van der Waals surface area contributed by atoms with Crippen molar-refractivity contribution in [3.8, 4) is 6.07 Å². The fraction of sp³-hybridized carbons (Fsp3) is 0.303. The first-order valence-electron chi connectivity index (χ1n) is 14.9. The fourth-order valence-corrected chi connectivity index (χ4v) is 6.30. The maximum Gasteiger partial charge on any atom is 0.212 e. The van der Waals surface area contributed by atoms with Crippen LogP contribution in [-0.4, -0.2) is 44.5 Å². The van der Waals surface area contributed by atoms with Crippen LogP contribution in [0.2, 0.25) is 10.0 Å². The van der Waals surface area contributed by atoms with Gasteiger partial charge in [-0.05, 0) is 75.6 Å². The Kier molecular flexibility index (Phi) is 8.90. The molecule has 0 bridgehead atoms. The molecule has 4 heterocycles. The molecule has 0 aliphatic carbocycles. The van der Waals surface area contributed by atoms with Crippen LogP contribution in [-0.2, 0) is 0 Å². The molecule has 6 rings (SSSR count). The highest BCUT2D eigenvalue weighted by molar-refractivity contribution is 6.36. The first kappa shape index (κ1) is 31.8. The lowest BCUT2D eigenvalue weighted by atomic mass is 9.98. The molecule has 4 aromatic rings. The van der Waals surface area contributed by atoms with Crippen molar-refractivity contribution in [2.24, 2.45) is 0 Å². The smallest absolute Gasteiger partial charge is 0.212 e. The Bertz CT molecular complexity index is 1830. The highest BCUT2D eigenvalue weighted by atomic mass is 35.5.